The highest BCUT2D eigenvalue weighted by Gasteiger charge is 2.50. The molecule has 2 bridgehead atoms. The first-order chi connectivity index (χ1) is 39.2. The van der Waals surface area contributed by atoms with Gasteiger partial charge in [-0.05, 0) is 95.0 Å². The first kappa shape index (κ1) is 75.6. The smallest absolute Gasteiger partial charge is 0.334 e. The van der Waals surface area contributed by atoms with Gasteiger partial charge in [-0.15, -0.1) is 0 Å². The van der Waals surface area contributed by atoms with Crippen molar-refractivity contribution >= 4 is 17.9 Å². The van der Waals surface area contributed by atoms with Crippen molar-refractivity contribution < 1.29 is 74.9 Å². The molecule has 13 N–H and O–H groups in total. The van der Waals surface area contributed by atoms with Crippen LogP contribution in [-0.2, 0) is 23.8 Å². The van der Waals surface area contributed by atoms with Gasteiger partial charge in [-0.1, -0.05) is 136 Å². The SMILES string of the molecule is CN=C(N)NCCCC=CCCC[C@H](C)[C@@H]1OC(=O)C(C)=CC=CC(C)C(O)CC(O)C(C)C(O)CC[C@H](C)[C@@H](O)C[C@@]2(O)O[C@@H](C[C@@H](OC(=O)CCCCCCCCC(C)C)C[C@H](O)C[C@@H](O)C[C@H](O)C(C)=CC=CC1C)C[C@@H](O)[C@@H]2O. The summed E-state index contributed by atoms with van der Waals surface area (Å²) in [5.74, 6) is -4.33. The summed E-state index contributed by atoms with van der Waals surface area (Å²) >= 11 is 0. The van der Waals surface area contributed by atoms with E-state index in [1.807, 2.05) is 13.0 Å². The highest BCUT2D eigenvalue weighted by atomic mass is 16.7. The van der Waals surface area contributed by atoms with E-state index in [0.29, 0.717) is 29.4 Å². The Labute approximate surface area is 498 Å². The minimum Gasteiger partial charge on any atom is -0.462 e. The molecule has 0 saturated carbocycles. The maximum Gasteiger partial charge on any atom is 0.334 e. The van der Waals surface area contributed by atoms with Crippen LogP contribution in [-0.4, -0.2) is 162 Å². The Balaban J connectivity index is 2.43. The molecular formula is C65H115N3O15. The fourth-order valence-corrected chi connectivity index (χ4v) is 10.9. The van der Waals surface area contributed by atoms with Gasteiger partial charge in [0, 0.05) is 81.9 Å². The fourth-order valence-electron chi connectivity index (χ4n) is 10.9. The van der Waals surface area contributed by atoms with E-state index in [-0.39, 0.29) is 69.6 Å². The summed E-state index contributed by atoms with van der Waals surface area (Å²) in [7, 11) is 1.64. The summed E-state index contributed by atoms with van der Waals surface area (Å²) in [5.41, 5.74) is 6.60. The molecule has 0 aromatic carbocycles. The number of nitrogens with two attached hydrogens (primary N) is 1. The number of allylic oxidation sites excluding steroid dienone is 6. The molecule has 0 aromatic heterocycles. The van der Waals surface area contributed by atoms with Gasteiger partial charge in [0.05, 0.1) is 54.9 Å². The van der Waals surface area contributed by atoms with Gasteiger partial charge in [0.15, 0.2) is 11.7 Å². The minimum absolute atomic E-state index is 0.0393. The van der Waals surface area contributed by atoms with Gasteiger partial charge in [-0.2, -0.15) is 0 Å². The number of rotatable bonds is 19. The zero-order valence-electron chi connectivity index (χ0n) is 52.3. The molecule has 1 fully saturated rings. The fraction of sp³-hybridized carbons (Fsp3) is 0.800. The van der Waals surface area contributed by atoms with Crippen molar-refractivity contribution in [3.8, 4) is 0 Å². The lowest BCUT2D eigenvalue weighted by molar-refractivity contribution is -0.333. The number of aliphatic hydroxyl groups is 10. The number of nitrogens with zero attached hydrogens (tertiary/aromatic N) is 1. The van der Waals surface area contributed by atoms with Crippen LogP contribution in [0.1, 0.15) is 204 Å². The molecule has 0 aromatic rings. The number of aliphatic hydroxyl groups excluding tert-OH is 9. The number of ether oxygens (including phenoxy) is 3. The highest BCUT2D eigenvalue weighted by Crippen LogP contribution is 2.36. The van der Waals surface area contributed by atoms with Crippen LogP contribution < -0.4 is 11.1 Å². The van der Waals surface area contributed by atoms with Crippen molar-refractivity contribution in [1.82, 2.24) is 5.32 Å². The largest absolute Gasteiger partial charge is 0.462 e. The number of nitrogens with one attached hydrogen (secondary N) is 1. The van der Waals surface area contributed by atoms with Gasteiger partial charge in [0.1, 0.15) is 18.3 Å². The molecule has 0 radical (unpaired) electrons. The van der Waals surface area contributed by atoms with Crippen molar-refractivity contribution in [2.45, 2.75) is 283 Å². The van der Waals surface area contributed by atoms with E-state index in [2.05, 4.69) is 43.2 Å². The lowest BCUT2D eigenvalue weighted by Gasteiger charge is -2.45. The van der Waals surface area contributed by atoms with E-state index in [0.717, 1.165) is 64.3 Å². The Hall–Kier alpha value is -3.53. The summed E-state index contributed by atoms with van der Waals surface area (Å²) in [5, 5.41) is 116. The molecule has 18 nitrogen and oxygen atoms in total. The molecule has 83 heavy (non-hydrogen) atoms. The van der Waals surface area contributed by atoms with Gasteiger partial charge in [0.2, 0.25) is 0 Å². The van der Waals surface area contributed by atoms with E-state index in [4.69, 9.17) is 19.9 Å². The number of hydrogen-bond acceptors (Lipinski definition) is 16. The summed E-state index contributed by atoms with van der Waals surface area (Å²) < 4.78 is 18.3. The Morgan fingerprint density at radius 3 is 2.04 bits per heavy atom. The van der Waals surface area contributed by atoms with Crippen molar-refractivity contribution in [2.75, 3.05) is 13.6 Å². The van der Waals surface area contributed by atoms with Crippen molar-refractivity contribution in [3.63, 3.8) is 0 Å². The van der Waals surface area contributed by atoms with Crippen LogP contribution in [0.4, 0.5) is 0 Å². The Bertz CT molecular complexity index is 2000. The van der Waals surface area contributed by atoms with Crippen LogP contribution in [0.2, 0.25) is 0 Å². The Morgan fingerprint density at radius 2 is 1.36 bits per heavy atom. The van der Waals surface area contributed by atoms with Crippen LogP contribution >= 0.6 is 0 Å². The van der Waals surface area contributed by atoms with E-state index in [9.17, 15) is 60.7 Å². The molecule has 0 spiro atoms. The Kier molecular flexibility index (Phi) is 37.1. The summed E-state index contributed by atoms with van der Waals surface area (Å²) in [6.07, 6.45) is 11.5. The molecule has 18 atom stereocenters. The first-order valence-corrected chi connectivity index (χ1v) is 31.4. The second-order valence-electron chi connectivity index (χ2n) is 25.1. The van der Waals surface area contributed by atoms with Crippen LogP contribution in [0.5, 0.6) is 0 Å². The Morgan fingerprint density at radius 1 is 0.735 bits per heavy atom. The second kappa shape index (κ2) is 40.8. The predicted molar refractivity (Wildman–Crippen MR) is 326 cm³/mol. The summed E-state index contributed by atoms with van der Waals surface area (Å²) in [4.78, 5) is 31.0. The highest BCUT2D eigenvalue weighted by molar-refractivity contribution is 5.88. The molecule has 480 valence electrons. The van der Waals surface area contributed by atoms with E-state index in [1.54, 1.807) is 72.0 Å². The topological polar surface area (TPSA) is 315 Å². The zero-order valence-corrected chi connectivity index (χ0v) is 52.3. The van der Waals surface area contributed by atoms with Gasteiger partial charge in [-0.3, -0.25) is 9.79 Å². The van der Waals surface area contributed by atoms with Crippen LogP contribution in [0.25, 0.3) is 0 Å². The van der Waals surface area contributed by atoms with E-state index < -0.39 is 115 Å². The monoisotopic (exact) mass is 1180 g/mol. The number of unbranched alkanes of at least 4 members (excludes halogenated alkanes) is 7. The quantitative estimate of drug-likeness (QED) is 0.0194. The van der Waals surface area contributed by atoms with Gasteiger partial charge < -0.3 is 76.3 Å². The number of carbonyl (C=O) groups is 2. The van der Waals surface area contributed by atoms with Gasteiger partial charge >= 0.3 is 11.9 Å². The third kappa shape index (κ3) is 30.6. The minimum atomic E-state index is -2.43. The molecule has 0 aliphatic carbocycles. The first-order valence-electron chi connectivity index (χ1n) is 31.4. The second-order valence-corrected chi connectivity index (χ2v) is 25.1. The number of esters is 2. The average molecular weight is 1180 g/mol. The van der Waals surface area contributed by atoms with Crippen LogP contribution in [0.15, 0.2) is 64.7 Å². The number of carbonyl (C=O) groups excluding carboxylic acids is 2. The normalized spacial score (nSPS) is 33.9. The molecule has 2 rings (SSSR count). The van der Waals surface area contributed by atoms with Crippen molar-refractivity contribution in [2.24, 2.45) is 46.2 Å². The van der Waals surface area contributed by atoms with E-state index >= 15 is 0 Å². The molecule has 2 aliphatic heterocycles. The number of cyclic esters (lactones) is 1. The standard InChI is InChI=1S/C65H115N3O15/c1-42(2)25-19-15-11-12-17-21-31-60(77)81-52-36-50(69)35-51(70)37-55(72)43(3)27-23-29-47(7)61(46(6)26-20-16-13-14-18-22-34-68-64(66)67-10)82-63(79)48(8)30-24-28-44(4)56(73)40-57(74)49(9)54(71)33-32-45(5)59(76)41-65(80)62(78)58(75)39-53(38-52)83-65/h13-14,23-24,27-30,42,44-47,49-59,61-62,69-76,78,80H,11-12,15-22,25-26,31-41H2,1-10H3,(H3,66,67,68)/t44?,45-,46-,47?,49?,50+,51+,52-,53-,54?,55-,56?,57?,58+,59-,61-,62-,65+/m0/s1. The third-order valence-electron chi connectivity index (χ3n) is 16.9. The van der Waals surface area contributed by atoms with E-state index in [1.165, 1.54) is 12.8 Å². The molecule has 2 heterocycles. The third-order valence-corrected chi connectivity index (χ3v) is 16.9. The van der Waals surface area contributed by atoms with Crippen molar-refractivity contribution in [3.05, 3.63) is 59.8 Å². The van der Waals surface area contributed by atoms with Crippen LogP contribution in [0.3, 0.4) is 0 Å². The zero-order chi connectivity index (χ0) is 62.2. The van der Waals surface area contributed by atoms with Gasteiger partial charge in [0.25, 0.3) is 0 Å². The summed E-state index contributed by atoms with van der Waals surface area (Å²) in [6.45, 7) is 17.7. The molecule has 18 heteroatoms. The summed E-state index contributed by atoms with van der Waals surface area (Å²) in [6, 6.07) is 0. The number of hydrogen-bond donors (Lipinski definition) is 12. The van der Waals surface area contributed by atoms with Gasteiger partial charge in [-0.25, -0.2) is 4.79 Å². The number of aliphatic imine (C=N–C) groups is 1. The van der Waals surface area contributed by atoms with Crippen LogP contribution in [0, 0.1) is 35.5 Å². The lowest BCUT2D eigenvalue weighted by atomic mass is 9.84. The average Bonchev–Trinajstić information content (AvgIpc) is 3.60. The van der Waals surface area contributed by atoms with Crippen molar-refractivity contribution in [1.29, 1.82) is 0 Å². The molecular weight excluding hydrogens is 1060 g/mol. The number of guanidine groups is 1. The molecule has 0 amide bonds. The predicted octanol–water partition coefficient (Wildman–Crippen LogP) is 7.67. The molecule has 6 unspecified atom stereocenters. The number of fused-ring (bicyclic) bond motifs is 2. The maximum atomic E-state index is 13.7. The maximum absolute atomic E-state index is 13.7. The lowest BCUT2D eigenvalue weighted by Crippen LogP contribution is -2.60. The molecule has 1 saturated heterocycles. The molecule has 2 aliphatic rings.